The predicted molar refractivity (Wildman–Crippen MR) is 70.1 cm³/mol. The van der Waals surface area contributed by atoms with Crippen molar-refractivity contribution in [1.82, 2.24) is 9.78 Å². The van der Waals surface area contributed by atoms with E-state index in [-0.39, 0.29) is 11.2 Å². The van der Waals surface area contributed by atoms with E-state index in [9.17, 15) is 0 Å². The van der Waals surface area contributed by atoms with Crippen molar-refractivity contribution in [1.29, 1.82) is 0 Å². The average molecular weight is 252 g/mol. The van der Waals surface area contributed by atoms with E-state index in [0.29, 0.717) is 6.61 Å². The van der Waals surface area contributed by atoms with Gasteiger partial charge in [-0.3, -0.25) is 4.68 Å². The van der Waals surface area contributed by atoms with Crippen LogP contribution in [0.2, 0.25) is 0 Å². The molecule has 0 aliphatic carbocycles. The fourth-order valence-electron chi connectivity index (χ4n) is 1.92. The summed E-state index contributed by atoms with van der Waals surface area (Å²) < 4.78 is 19.3. The second-order valence-electron chi connectivity index (χ2n) is 5.54. The minimum Gasteiger partial charge on any atom is -0.491 e. The predicted octanol–water partition coefficient (Wildman–Crippen LogP) is 1.12. The molecule has 0 atom stereocenters. The third-order valence-corrected chi connectivity index (χ3v) is 3.73. The Bertz CT molecular complexity index is 427. The minimum absolute atomic E-state index is 0.356. The van der Waals surface area contributed by atoms with Crippen LogP contribution in [-0.4, -0.2) is 34.7 Å². The molecule has 0 N–H and O–H groups in total. The number of hydrogen-bond acceptors (Lipinski definition) is 4. The second kappa shape index (κ2) is 4.28. The molecule has 1 aromatic rings. The lowest BCUT2D eigenvalue weighted by Crippen LogP contribution is -2.41. The molecule has 0 unspecified atom stereocenters. The molecule has 0 aromatic carbocycles. The Hall–Kier alpha value is -1.01. The highest BCUT2D eigenvalue weighted by molar-refractivity contribution is 6.62. The summed E-state index contributed by atoms with van der Waals surface area (Å²) in [4.78, 5) is 0. The third kappa shape index (κ3) is 2.03. The van der Waals surface area contributed by atoms with Crippen LogP contribution < -0.4 is 10.3 Å². The molecular formula is C12H21BN2O3. The van der Waals surface area contributed by atoms with Crippen molar-refractivity contribution in [2.75, 3.05) is 6.61 Å². The van der Waals surface area contributed by atoms with Gasteiger partial charge in [0.15, 0.2) is 5.75 Å². The molecule has 6 heteroatoms. The highest BCUT2D eigenvalue weighted by Crippen LogP contribution is 2.37. The maximum absolute atomic E-state index is 6.01. The van der Waals surface area contributed by atoms with Gasteiger partial charge in [-0.25, -0.2) is 0 Å². The molecule has 100 valence electrons. The quantitative estimate of drug-likeness (QED) is 0.756. The molecule has 0 bridgehead atoms. The normalized spacial score (nSPS) is 21.3. The lowest BCUT2D eigenvalue weighted by Gasteiger charge is -2.32. The van der Waals surface area contributed by atoms with Gasteiger partial charge in [0.2, 0.25) is 0 Å². The van der Waals surface area contributed by atoms with Crippen LogP contribution in [0.25, 0.3) is 0 Å². The lowest BCUT2D eigenvalue weighted by atomic mass is 9.84. The Balaban J connectivity index is 2.32. The van der Waals surface area contributed by atoms with Gasteiger partial charge in [-0.2, -0.15) is 5.10 Å². The van der Waals surface area contributed by atoms with Crippen molar-refractivity contribution >= 4 is 12.7 Å². The summed E-state index contributed by atoms with van der Waals surface area (Å²) >= 11 is 0. The minimum atomic E-state index is -0.441. The van der Waals surface area contributed by atoms with Gasteiger partial charge in [-0.15, -0.1) is 0 Å². The maximum Gasteiger partial charge on any atom is 0.518 e. The summed E-state index contributed by atoms with van der Waals surface area (Å²) in [5.41, 5.74) is 0.118. The van der Waals surface area contributed by atoms with E-state index < -0.39 is 7.12 Å². The summed E-state index contributed by atoms with van der Waals surface area (Å²) in [5, 5.41) is 4.21. The summed E-state index contributed by atoms with van der Waals surface area (Å²) in [5.74, 6) is 0.721. The standard InChI is InChI=1S/C12H21BN2O3/c1-7-16-9-8-14-15(6)10(9)13-17-11(2,3)12(4,5)18-13/h8H,7H2,1-6H3. The van der Waals surface area contributed by atoms with Crippen LogP contribution in [0.4, 0.5) is 0 Å². The van der Waals surface area contributed by atoms with E-state index in [1.807, 2.05) is 41.7 Å². The Morgan fingerprint density at radius 2 is 1.83 bits per heavy atom. The maximum atomic E-state index is 6.01. The largest absolute Gasteiger partial charge is 0.518 e. The highest BCUT2D eigenvalue weighted by atomic mass is 16.7. The smallest absolute Gasteiger partial charge is 0.491 e. The van der Waals surface area contributed by atoms with Crippen LogP contribution in [0.15, 0.2) is 6.20 Å². The van der Waals surface area contributed by atoms with Gasteiger partial charge in [0, 0.05) is 7.05 Å². The van der Waals surface area contributed by atoms with E-state index in [2.05, 4.69) is 5.10 Å². The molecule has 0 spiro atoms. The van der Waals surface area contributed by atoms with Gasteiger partial charge < -0.3 is 14.0 Å². The summed E-state index contributed by atoms with van der Waals surface area (Å²) in [7, 11) is 1.42. The zero-order chi connectivity index (χ0) is 13.6. The number of aryl methyl sites for hydroxylation is 1. The molecule has 18 heavy (non-hydrogen) atoms. The van der Waals surface area contributed by atoms with Crippen molar-refractivity contribution < 1.29 is 14.0 Å². The average Bonchev–Trinajstić information content (AvgIpc) is 2.67. The molecule has 1 fully saturated rings. The molecule has 1 saturated heterocycles. The van der Waals surface area contributed by atoms with Gasteiger partial charge in [0.05, 0.1) is 24.0 Å². The first-order chi connectivity index (χ1) is 8.28. The van der Waals surface area contributed by atoms with Gasteiger partial charge in [0.25, 0.3) is 0 Å². The number of aromatic nitrogens is 2. The molecule has 1 aliphatic heterocycles. The topological polar surface area (TPSA) is 45.5 Å². The van der Waals surface area contributed by atoms with Gasteiger partial charge in [-0.05, 0) is 34.6 Å². The van der Waals surface area contributed by atoms with Crippen molar-refractivity contribution in [3.05, 3.63) is 6.20 Å². The highest BCUT2D eigenvalue weighted by Gasteiger charge is 2.53. The molecule has 1 aliphatic rings. The van der Waals surface area contributed by atoms with E-state index in [4.69, 9.17) is 14.0 Å². The fourth-order valence-corrected chi connectivity index (χ4v) is 1.92. The van der Waals surface area contributed by atoms with E-state index >= 15 is 0 Å². The van der Waals surface area contributed by atoms with Crippen LogP contribution >= 0.6 is 0 Å². The van der Waals surface area contributed by atoms with Crippen LogP contribution in [0.1, 0.15) is 34.6 Å². The molecule has 1 aromatic heterocycles. The first-order valence-electron chi connectivity index (χ1n) is 6.29. The van der Waals surface area contributed by atoms with Crippen molar-refractivity contribution in [2.45, 2.75) is 45.8 Å². The summed E-state index contributed by atoms with van der Waals surface area (Å²) in [6.07, 6.45) is 1.70. The first kappa shape index (κ1) is 13.4. The van der Waals surface area contributed by atoms with Crippen molar-refractivity contribution in [3.8, 4) is 5.75 Å². The Morgan fingerprint density at radius 1 is 1.28 bits per heavy atom. The Labute approximate surface area is 109 Å². The zero-order valence-corrected chi connectivity index (χ0v) is 12.0. The SMILES string of the molecule is CCOc1cnn(C)c1B1OC(C)(C)C(C)(C)O1. The first-order valence-corrected chi connectivity index (χ1v) is 6.29. The lowest BCUT2D eigenvalue weighted by molar-refractivity contribution is 0.00578. The van der Waals surface area contributed by atoms with Crippen LogP contribution in [0.3, 0.4) is 0 Å². The van der Waals surface area contributed by atoms with Crippen LogP contribution in [0, 0.1) is 0 Å². The van der Waals surface area contributed by atoms with Gasteiger partial charge in [0.1, 0.15) is 5.59 Å². The molecule has 2 heterocycles. The van der Waals surface area contributed by atoms with E-state index in [1.165, 1.54) is 0 Å². The number of ether oxygens (including phenoxy) is 1. The number of rotatable bonds is 3. The fraction of sp³-hybridized carbons (Fsp3) is 0.750. The Kier molecular flexibility index (Phi) is 3.19. The van der Waals surface area contributed by atoms with Gasteiger partial charge >= 0.3 is 7.12 Å². The zero-order valence-electron chi connectivity index (χ0n) is 12.0. The number of nitrogens with zero attached hydrogens (tertiary/aromatic N) is 2. The molecule has 0 radical (unpaired) electrons. The molecule has 0 saturated carbocycles. The Morgan fingerprint density at radius 3 is 2.33 bits per heavy atom. The van der Waals surface area contributed by atoms with E-state index in [1.54, 1.807) is 10.9 Å². The van der Waals surface area contributed by atoms with Crippen LogP contribution in [0.5, 0.6) is 5.75 Å². The number of hydrogen-bond donors (Lipinski definition) is 0. The summed E-state index contributed by atoms with van der Waals surface area (Å²) in [6, 6.07) is 0. The van der Waals surface area contributed by atoms with Crippen molar-refractivity contribution in [3.63, 3.8) is 0 Å². The monoisotopic (exact) mass is 252 g/mol. The molecule has 5 nitrogen and oxygen atoms in total. The second-order valence-corrected chi connectivity index (χ2v) is 5.54. The molecule has 2 rings (SSSR count). The van der Waals surface area contributed by atoms with Crippen molar-refractivity contribution in [2.24, 2.45) is 7.05 Å². The molecular weight excluding hydrogens is 231 g/mol. The summed E-state index contributed by atoms with van der Waals surface area (Å²) in [6.45, 7) is 10.7. The van der Waals surface area contributed by atoms with E-state index in [0.717, 1.165) is 11.3 Å². The molecule has 0 amide bonds. The van der Waals surface area contributed by atoms with Crippen LogP contribution in [-0.2, 0) is 16.4 Å². The third-order valence-electron chi connectivity index (χ3n) is 3.73. The van der Waals surface area contributed by atoms with Gasteiger partial charge in [-0.1, -0.05) is 0 Å².